The Balaban J connectivity index is 1.80. The zero-order valence-electron chi connectivity index (χ0n) is 13.6. The van der Waals surface area contributed by atoms with E-state index < -0.39 is 0 Å². The summed E-state index contributed by atoms with van der Waals surface area (Å²) in [5.41, 5.74) is 3.29. The lowest BCUT2D eigenvalue weighted by Gasteiger charge is -2.27. The Morgan fingerprint density at radius 1 is 0.960 bits per heavy atom. The van der Waals surface area contributed by atoms with Gasteiger partial charge in [-0.1, -0.05) is 12.1 Å². The molecular formula is C19H16N4O2. The van der Waals surface area contributed by atoms with Crippen molar-refractivity contribution in [1.82, 2.24) is 15.0 Å². The van der Waals surface area contributed by atoms with Gasteiger partial charge in [-0.3, -0.25) is 4.98 Å². The third kappa shape index (κ3) is 2.42. The fraction of sp³-hybridized carbons (Fsp3) is 0.211. The van der Waals surface area contributed by atoms with Gasteiger partial charge in [0.2, 0.25) is 0 Å². The lowest BCUT2D eigenvalue weighted by atomic mass is 10.2. The number of hydrogen-bond acceptors (Lipinski definition) is 6. The molecule has 3 aromatic heterocycles. The van der Waals surface area contributed by atoms with E-state index in [9.17, 15) is 0 Å². The van der Waals surface area contributed by atoms with Crippen LogP contribution in [-0.4, -0.2) is 41.3 Å². The van der Waals surface area contributed by atoms with Gasteiger partial charge in [0.25, 0.3) is 0 Å². The van der Waals surface area contributed by atoms with E-state index in [2.05, 4.69) is 9.88 Å². The molecule has 0 aliphatic carbocycles. The lowest BCUT2D eigenvalue weighted by Crippen LogP contribution is -2.37. The molecule has 0 radical (unpaired) electrons. The van der Waals surface area contributed by atoms with Gasteiger partial charge < -0.3 is 14.1 Å². The molecule has 1 fully saturated rings. The van der Waals surface area contributed by atoms with Crippen LogP contribution in [-0.2, 0) is 4.74 Å². The first-order chi connectivity index (χ1) is 12.4. The minimum absolute atomic E-state index is 0.661. The van der Waals surface area contributed by atoms with Crippen LogP contribution in [0.15, 0.2) is 53.2 Å². The molecule has 0 spiro atoms. The topological polar surface area (TPSA) is 64.3 Å². The van der Waals surface area contributed by atoms with E-state index in [4.69, 9.17) is 19.1 Å². The van der Waals surface area contributed by atoms with Crippen molar-refractivity contribution >= 4 is 27.9 Å². The highest BCUT2D eigenvalue weighted by Gasteiger charge is 2.22. The summed E-state index contributed by atoms with van der Waals surface area (Å²) in [6.45, 7) is 2.95. The van der Waals surface area contributed by atoms with Crippen LogP contribution in [0.4, 0.5) is 5.82 Å². The predicted molar refractivity (Wildman–Crippen MR) is 95.6 cm³/mol. The normalized spacial score (nSPS) is 15.1. The standard InChI is InChI=1S/C19H16N4O2/c1-2-6-15-14(5-1)16-17(25-15)19(23-8-10-24-11-9-23)22-18(21-16)13-4-3-7-20-12-13/h1-7,12H,8-11H2. The summed E-state index contributed by atoms with van der Waals surface area (Å²) in [6.07, 6.45) is 3.53. The molecule has 1 aliphatic rings. The maximum atomic E-state index is 6.10. The monoisotopic (exact) mass is 332 g/mol. The van der Waals surface area contributed by atoms with Gasteiger partial charge >= 0.3 is 0 Å². The lowest BCUT2D eigenvalue weighted by molar-refractivity contribution is 0.122. The number of anilines is 1. The summed E-state index contributed by atoms with van der Waals surface area (Å²) in [4.78, 5) is 16.0. The highest BCUT2D eigenvalue weighted by atomic mass is 16.5. The van der Waals surface area contributed by atoms with Crippen LogP contribution in [0.1, 0.15) is 0 Å². The van der Waals surface area contributed by atoms with E-state index in [0.29, 0.717) is 19.0 Å². The van der Waals surface area contributed by atoms with Crippen LogP contribution in [0.2, 0.25) is 0 Å². The van der Waals surface area contributed by atoms with Crippen LogP contribution < -0.4 is 4.90 Å². The third-order valence-electron chi connectivity index (χ3n) is 4.43. The summed E-state index contributed by atoms with van der Waals surface area (Å²) < 4.78 is 11.6. The molecule has 25 heavy (non-hydrogen) atoms. The van der Waals surface area contributed by atoms with Gasteiger partial charge in [-0.15, -0.1) is 0 Å². The first-order valence-electron chi connectivity index (χ1n) is 8.32. The quantitative estimate of drug-likeness (QED) is 0.561. The van der Waals surface area contributed by atoms with E-state index in [-0.39, 0.29) is 0 Å². The summed E-state index contributed by atoms with van der Waals surface area (Å²) >= 11 is 0. The van der Waals surface area contributed by atoms with Gasteiger partial charge in [-0.05, 0) is 24.3 Å². The van der Waals surface area contributed by atoms with Gasteiger partial charge in [0, 0.05) is 36.4 Å². The van der Waals surface area contributed by atoms with Crippen LogP contribution >= 0.6 is 0 Å². The zero-order valence-corrected chi connectivity index (χ0v) is 13.6. The average molecular weight is 332 g/mol. The van der Waals surface area contributed by atoms with Crippen LogP contribution in [0.3, 0.4) is 0 Å². The van der Waals surface area contributed by atoms with Crippen molar-refractivity contribution in [2.24, 2.45) is 0 Å². The minimum atomic E-state index is 0.661. The number of morpholine rings is 1. The number of nitrogens with zero attached hydrogens (tertiary/aromatic N) is 4. The second-order valence-electron chi connectivity index (χ2n) is 5.99. The maximum Gasteiger partial charge on any atom is 0.196 e. The Morgan fingerprint density at radius 3 is 2.68 bits per heavy atom. The van der Waals surface area contributed by atoms with Crippen molar-refractivity contribution in [3.63, 3.8) is 0 Å². The summed E-state index contributed by atoms with van der Waals surface area (Å²) in [6, 6.07) is 11.8. The largest absolute Gasteiger partial charge is 0.450 e. The number of benzene rings is 1. The average Bonchev–Trinajstić information content (AvgIpc) is 3.07. The number of para-hydroxylation sites is 1. The Bertz CT molecular complexity index is 1040. The Hall–Kier alpha value is -2.99. The second-order valence-corrected chi connectivity index (χ2v) is 5.99. The number of fused-ring (bicyclic) bond motifs is 3. The van der Waals surface area contributed by atoms with Crippen LogP contribution in [0.5, 0.6) is 0 Å². The van der Waals surface area contributed by atoms with Gasteiger partial charge in [0.05, 0.1) is 13.2 Å². The van der Waals surface area contributed by atoms with E-state index in [0.717, 1.165) is 46.5 Å². The smallest absolute Gasteiger partial charge is 0.196 e. The molecule has 124 valence electrons. The van der Waals surface area contributed by atoms with Crippen LogP contribution in [0, 0.1) is 0 Å². The van der Waals surface area contributed by atoms with Crippen LogP contribution in [0.25, 0.3) is 33.5 Å². The fourth-order valence-electron chi connectivity index (χ4n) is 3.19. The predicted octanol–water partition coefficient (Wildman–Crippen LogP) is 3.27. The summed E-state index contributed by atoms with van der Waals surface area (Å²) in [5, 5.41) is 1.000. The molecule has 6 heteroatoms. The Labute approximate surface area is 144 Å². The molecule has 5 rings (SSSR count). The van der Waals surface area contributed by atoms with E-state index in [1.54, 1.807) is 12.4 Å². The van der Waals surface area contributed by atoms with Crippen molar-refractivity contribution in [1.29, 1.82) is 0 Å². The van der Waals surface area contributed by atoms with Crippen molar-refractivity contribution < 1.29 is 9.15 Å². The van der Waals surface area contributed by atoms with Gasteiger partial charge in [0.15, 0.2) is 17.2 Å². The minimum Gasteiger partial charge on any atom is -0.450 e. The molecule has 0 unspecified atom stereocenters. The van der Waals surface area contributed by atoms with Gasteiger partial charge in [0.1, 0.15) is 11.1 Å². The number of ether oxygens (including phenoxy) is 1. The zero-order chi connectivity index (χ0) is 16.6. The third-order valence-corrected chi connectivity index (χ3v) is 4.43. The molecule has 1 aromatic carbocycles. The number of aromatic nitrogens is 3. The molecule has 6 nitrogen and oxygen atoms in total. The molecule has 4 aromatic rings. The van der Waals surface area contributed by atoms with Gasteiger partial charge in [-0.25, -0.2) is 9.97 Å². The molecule has 0 bridgehead atoms. The second kappa shape index (κ2) is 5.82. The number of furan rings is 1. The Kier molecular flexibility index (Phi) is 3.34. The molecule has 0 saturated carbocycles. The highest BCUT2D eigenvalue weighted by Crippen LogP contribution is 2.34. The van der Waals surface area contributed by atoms with E-state index in [1.165, 1.54) is 0 Å². The first kappa shape index (κ1) is 14.4. The summed E-state index contributed by atoms with van der Waals surface area (Å²) in [7, 11) is 0. The fourth-order valence-corrected chi connectivity index (χ4v) is 3.19. The van der Waals surface area contributed by atoms with Gasteiger partial charge in [-0.2, -0.15) is 0 Å². The molecule has 4 heterocycles. The molecule has 0 amide bonds. The molecule has 0 atom stereocenters. The number of hydrogen-bond donors (Lipinski definition) is 0. The molecular weight excluding hydrogens is 316 g/mol. The SMILES string of the molecule is c1cncc(-c2nc(N3CCOCC3)c3oc4ccccc4c3n2)c1. The number of pyridine rings is 1. The Morgan fingerprint density at radius 2 is 1.84 bits per heavy atom. The van der Waals surface area contributed by atoms with Crippen molar-refractivity contribution in [2.75, 3.05) is 31.2 Å². The van der Waals surface area contributed by atoms with Crippen molar-refractivity contribution in [3.05, 3.63) is 48.8 Å². The maximum absolute atomic E-state index is 6.10. The molecule has 0 N–H and O–H groups in total. The molecule has 1 saturated heterocycles. The highest BCUT2D eigenvalue weighted by molar-refractivity contribution is 6.06. The molecule has 1 aliphatic heterocycles. The number of rotatable bonds is 2. The van der Waals surface area contributed by atoms with E-state index in [1.807, 2.05) is 36.4 Å². The van der Waals surface area contributed by atoms with Crippen molar-refractivity contribution in [3.8, 4) is 11.4 Å². The van der Waals surface area contributed by atoms with E-state index >= 15 is 0 Å². The first-order valence-corrected chi connectivity index (χ1v) is 8.32. The summed E-state index contributed by atoms with van der Waals surface area (Å²) in [5.74, 6) is 1.48. The van der Waals surface area contributed by atoms with Crippen molar-refractivity contribution in [2.45, 2.75) is 0 Å².